The van der Waals surface area contributed by atoms with Crippen LogP contribution in [0, 0.1) is 12.8 Å². The van der Waals surface area contributed by atoms with Crippen molar-refractivity contribution in [3.8, 4) is 0 Å². The number of carbonyl (C=O) groups is 2. The van der Waals surface area contributed by atoms with Gasteiger partial charge in [-0.15, -0.1) is 0 Å². The first kappa shape index (κ1) is 18.9. The van der Waals surface area contributed by atoms with Gasteiger partial charge in [0.15, 0.2) is 0 Å². The molecule has 1 heterocycles. The average molecular weight is 361 g/mol. The molecular formula is C18H23N3O3S. The molecule has 2 aromatic rings. The third-order valence-corrected chi connectivity index (χ3v) is 4.45. The van der Waals surface area contributed by atoms with E-state index < -0.39 is 0 Å². The maximum atomic E-state index is 12.0. The van der Waals surface area contributed by atoms with Crippen LogP contribution in [0.5, 0.6) is 0 Å². The monoisotopic (exact) mass is 361 g/mol. The normalized spacial score (nSPS) is 10.7. The summed E-state index contributed by atoms with van der Waals surface area (Å²) in [6, 6.07) is 7.36. The van der Waals surface area contributed by atoms with E-state index in [1.807, 2.05) is 38.1 Å². The molecule has 0 saturated heterocycles. The smallest absolute Gasteiger partial charge is 0.307 e. The molecule has 0 unspecified atom stereocenters. The van der Waals surface area contributed by atoms with Gasteiger partial charge < -0.3 is 10.6 Å². The highest BCUT2D eigenvalue weighted by Crippen LogP contribution is 2.12. The summed E-state index contributed by atoms with van der Waals surface area (Å²) in [4.78, 5) is 35.4. The number of rotatable bonds is 7. The number of nitrogens with one attached hydrogen (secondary N) is 2. The number of benzene rings is 1. The van der Waals surface area contributed by atoms with E-state index in [1.165, 1.54) is 4.57 Å². The molecule has 6 nitrogen and oxygen atoms in total. The Morgan fingerprint density at radius 1 is 1.24 bits per heavy atom. The fourth-order valence-corrected chi connectivity index (χ4v) is 3.07. The molecule has 2 N–H and O–H groups in total. The average Bonchev–Trinajstić information content (AvgIpc) is 2.84. The number of hydrogen-bond acceptors (Lipinski definition) is 4. The molecule has 0 aliphatic carbocycles. The summed E-state index contributed by atoms with van der Waals surface area (Å²) < 4.78 is 1.45. The zero-order valence-corrected chi connectivity index (χ0v) is 15.5. The summed E-state index contributed by atoms with van der Waals surface area (Å²) in [7, 11) is 0. The molecule has 7 heteroatoms. The maximum Gasteiger partial charge on any atom is 0.307 e. The van der Waals surface area contributed by atoms with Gasteiger partial charge in [0, 0.05) is 29.7 Å². The standard InChI is InChI=1S/C18H23N3O3S/c1-12(2)7-16(22)20-15-6-4-5-14(8-15)9-19-17(23)10-21-13(3)11-25-18(21)24/h4-6,8,11-12H,7,9-10H2,1-3H3,(H,19,23)(H,20,22). The van der Waals surface area contributed by atoms with Crippen LogP contribution in [0.25, 0.3) is 0 Å². The molecule has 1 aromatic heterocycles. The lowest BCUT2D eigenvalue weighted by atomic mass is 10.1. The molecule has 2 amide bonds. The quantitative estimate of drug-likeness (QED) is 0.795. The maximum absolute atomic E-state index is 12.0. The van der Waals surface area contributed by atoms with Gasteiger partial charge in [-0.3, -0.25) is 19.0 Å². The van der Waals surface area contributed by atoms with Gasteiger partial charge in [-0.1, -0.05) is 37.3 Å². The van der Waals surface area contributed by atoms with Crippen LogP contribution in [0.3, 0.4) is 0 Å². The minimum atomic E-state index is -0.224. The Morgan fingerprint density at radius 3 is 2.64 bits per heavy atom. The Labute approximate surface area is 150 Å². The lowest BCUT2D eigenvalue weighted by Gasteiger charge is -2.10. The number of hydrogen-bond donors (Lipinski definition) is 2. The Kier molecular flexibility index (Phi) is 6.52. The molecule has 0 aliphatic rings. The minimum Gasteiger partial charge on any atom is -0.350 e. The number of nitrogens with zero attached hydrogens (tertiary/aromatic N) is 1. The molecule has 0 aliphatic heterocycles. The highest BCUT2D eigenvalue weighted by Gasteiger charge is 2.09. The zero-order chi connectivity index (χ0) is 18.4. The second kappa shape index (κ2) is 8.62. The summed E-state index contributed by atoms with van der Waals surface area (Å²) in [5.41, 5.74) is 2.37. The molecule has 2 rings (SSSR count). The third kappa shape index (κ3) is 5.86. The van der Waals surface area contributed by atoms with Crippen LogP contribution < -0.4 is 15.5 Å². The van der Waals surface area contributed by atoms with Crippen molar-refractivity contribution in [3.63, 3.8) is 0 Å². The summed E-state index contributed by atoms with van der Waals surface area (Å²) >= 11 is 1.09. The Morgan fingerprint density at radius 2 is 2.00 bits per heavy atom. The number of thiazole rings is 1. The van der Waals surface area contributed by atoms with Gasteiger partial charge in [0.05, 0.1) is 0 Å². The summed E-state index contributed by atoms with van der Waals surface area (Å²) in [6.45, 7) is 6.14. The van der Waals surface area contributed by atoms with Crippen LogP contribution in [0.15, 0.2) is 34.4 Å². The fraction of sp³-hybridized carbons (Fsp3) is 0.389. The van der Waals surface area contributed by atoms with E-state index in [9.17, 15) is 14.4 Å². The van der Waals surface area contributed by atoms with Crippen LogP contribution in [0.4, 0.5) is 5.69 Å². The zero-order valence-electron chi connectivity index (χ0n) is 14.7. The van der Waals surface area contributed by atoms with E-state index in [2.05, 4.69) is 10.6 Å². The van der Waals surface area contributed by atoms with Crippen LogP contribution in [-0.4, -0.2) is 16.4 Å². The van der Waals surface area contributed by atoms with Crippen LogP contribution in [-0.2, 0) is 22.7 Å². The van der Waals surface area contributed by atoms with Crippen molar-refractivity contribution in [1.82, 2.24) is 9.88 Å². The second-order valence-electron chi connectivity index (χ2n) is 6.35. The third-order valence-electron chi connectivity index (χ3n) is 3.57. The number of aromatic nitrogens is 1. The first-order valence-electron chi connectivity index (χ1n) is 8.15. The van der Waals surface area contributed by atoms with Crippen molar-refractivity contribution < 1.29 is 9.59 Å². The summed E-state index contributed by atoms with van der Waals surface area (Å²) in [5.74, 6) is 0.0489. The summed E-state index contributed by atoms with van der Waals surface area (Å²) in [6.07, 6.45) is 0.468. The van der Waals surface area contributed by atoms with E-state index in [0.29, 0.717) is 24.6 Å². The molecule has 0 saturated carbocycles. The van der Waals surface area contributed by atoms with Gasteiger partial charge >= 0.3 is 4.87 Å². The summed E-state index contributed by atoms with van der Waals surface area (Å²) in [5, 5.41) is 7.39. The largest absolute Gasteiger partial charge is 0.350 e. The van der Waals surface area contributed by atoms with Crippen LogP contribution >= 0.6 is 11.3 Å². The van der Waals surface area contributed by atoms with Gasteiger partial charge in [0.25, 0.3) is 0 Å². The number of carbonyl (C=O) groups excluding carboxylic acids is 2. The SMILES string of the molecule is Cc1csc(=O)n1CC(=O)NCc1cccc(NC(=O)CC(C)C)c1. The Balaban J connectivity index is 1.90. The molecule has 0 spiro atoms. The molecular weight excluding hydrogens is 338 g/mol. The molecule has 0 bridgehead atoms. The molecule has 0 fully saturated rings. The molecule has 1 aromatic carbocycles. The Bertz CT molecular complexity index is 808. The van der Waals surface area contributed by atoms with Crippen molar-refractivity contribution in [2.24, 2.45) is 5.92 Å². The Hall–Kier alpha value is -2.41. The minimum absolute atomic E-state index is 0.0129. The molecule has 0 radical (unpaired) electrons. The first-order chi connectivity index (χ1) is 11.8. The van der Waals surface area contributed by atoms with E-state index in [-0.39, 0.29) is 23.2 Å². The number of anilines is 1. The van der Waals surface area contributed by atoms with Gasteiger partial charge in [-0.25, -0.2) is 0 Å². The number of aryl methyl sites for hydroxylation is 1. The predicted molar refractivity (Wildman–Crippen MR) is 99.7 cm³/mol. The van der Waals surface area contributed by atoms with Crippen LogP contribution in [0.1, 0.15) is 31.5 Å². The first-order valence-corrected chi connectivity index (χ1v) is 9.03. The highest BCUT2D eigenvalue weighted by molar-refractivity contribution is 7.07. The van der Waals surface area contributed by atoms with E-state index >= 15 is 0 Å². The molecule has 0 atom stereocenters. The van der Waals surface area contributed by atoms with Crippen molar-refractivity contribution in [3.05, 3.63) is 50.6 Å². The van der Waals surface area contributed by atoms with Gasteiger partial charge in [-0.2, -0.15) is 0 Å². The van der Waals surface area contributed by atoms with E-state index in [4.69, 9.17) is 0 Å². The predicted octanol–water partition coefficient (Wildman–Crippen LogP) is 2.52. The van der Waals surface area contributed by atoms with Crippen molar-refractivity contribution in [2.45, 2.75) is 40.3 Å². The van der Waals surface area contributed by atoms with Gasteiger partial charge in [0.1, 0.15) is 6.54 Å². The fourth-order valence-electron chi connectivity index (χ4n) is 2.34. The lowest BCUT2D eigenvalue weighted by Crippen LogP contribution is -2.30. The van der Waals surface area contributed by atoms with Crippen molar-refractivity contribution >= 4 is 28.8 Å². The molecule has 134 valence electrons. The van der Waals surface area contributed by atoms with Crippen molar-refractivity contribution in [2.75, 3.05) is 5.32 Å². The second-order valence-corrected chi connectivity index (χ2v) is 7.17. The highest BCUT2D eigenvalue weighted by atomic mass is 32.1. The van der Waals surface area contributed by atoms with Gasteiger partial charge in [0.2, 0.25) is 11.8 Å². The number of amides is 2. The van der Waals surface area contributed by atoms with Crippen molar-refractivity contribution in [1.29, 1.82) is 0 Å². The van der Waals surface area contributed by atoms with E-state index in [1.54, 1.807) is 12.3 Å². The molecule has 25 heavy (non-hydrogen) atoms. The van der Waals surface area contributed by atoms with Crippen LogP contribution in [0.2, 0.25) is 0 Å². The van der Waals surface area contributed by atoms with Gasteiger partial charge in [-0.05, 0) is 30.5 Å². The van der Waals surface area contributed by atoms with E-state index in [0.717, 1.165) is 22.6 Å². The topological polar surface area (TPSA) is 80.2 Å². The lowest BCUT2D eigenvalue weighted by molar-refractivity contribution is -0.122.